The number of rotatable bonds is 0. The van der Waals surface area contributed by atoms with Crippen LogP contribution in [0.4, 0.5) is 0 Å². The van der Waals surface area contributed by atoms with Crippen molar-refractivity contribution in [2.24, 2.45) is 57.2 Å². The van der Waals surface area contributed by atoms with Crippen LogP contribution >= 0.6 is 7.82 Å². The third-order valence-electron chi connectivity index (χ3n) is 9.76. The first-order valence-corrected chi connectivity index (χ1v) is 15.2. The molecule has 0 amide bonds. The van der Waals surface area contributed by atoms with E-state index in [1.807, 2.05) is 0 Å². The predicted octanol–water partition coefficient (Wildman–Crippen LogP) is 5.10. The van der Waals surface area contributed by atoms with E-state index in [0.29, 0.717) is 11.8 Å². The van der Waals surface area contributed by atoms with E-state index in [1.165, 1.54) is 0 Å². The maximum Gasteiger partial charge on any atom is 1.00 e. The average molecular weight is 521 g/mol. The molecule has 1 aliphatic heterocycles. The molecule has 2 saturated carbocycles. The summed E-state index contributed by atoms with van der Waals surface area (Å²) in [6, 6.07) is 0. The van der Waals surface area contributed by atoms with Crippen molar-refractivity contribution in [3.05, 3.63) is 0 Å². The standard InChI is InChI=1S/C29H55O4P.Na/c1-26(2,3)20-14-18-13-19-15-21(27(4,5)6)17-23(29(10,11)12)25(19)33-34(30,31)32-24(18)22(16-20)28(7,8)9;/h18-25H,13-17H2,1-12H3,(H,30,31);/q;+1/p-1. The van der Waals surface area contributed by atoms with Gasteiger partial charge < -0.3 is 13.9 Å². The molecule has 3 rings (SSSR count). The van der Waals surface area contributed by atoms with Crippen molar-refractivity contribution >= 4 is 7.82 Å². The van der Waals surface area contributed by atoms with E-state index in [9.17, 15) is 9.46 Å². The topological polar surface area (TPSA) is 58.6 Å². The molecule has 8 unspecified atom stereocenters. The Morgan fingerprint density at radius 1 is 0.571 bits per heavy atom. The Morgan fingerprint density at radius 3 is 1.14 bits per heavy atom. The first kappa shape index (κ1) is 32.3. The minimum atomic E-state index is -4.42. The molecule has 0 spiro atoms. The molecule has 0 aromatic carbocycles. The first-order chi connectivity index (χ1) is 15.1. The average Bonchev–Trinajstić information content (AvgIpc) is 2.58. The van der Waals surface area contributed by atoms with Gasteiger partial charge in [0.25, 0.3) is 7.82 Å². The van der Waals surface area contributed by atoms with Crippen LogP contribution in [-0.2, 0) is 13.6 Å². The Labute approximate surface area is 239 Å². The fourth-order valence-electron chi connectivity index (χ4n) is 7.33. The molecule has 200 valence electrons. The van der Waals surface area contributed by atoms with Crippen molar-refractivity contribution in [2.45, 2.75) is 127 Å². The van der Waals surface area contributed by atoms with Gasteiger partial charge in [-0.25, -0.2) is 0 Å². The van der Waals surface area contributed by atoms with E-state index < -0.39 is 7.82 Å². The van der Waals surface area contributed by atoms with Gasteiger partial charge >= 0.3 is 29.6 Å². The normalized spacial score (nSPS) is 41.6. The molecule has 3 aliphatic rings. The van der Waals surface area contributed by atoms with Crippen LogP contribution in [0, 0.1) is 57.2 Å². The zero-order valence-corrected chi connectivity index (χ0v) is 28.1. The summed E-state index contributed by atoms with van der Waals surface area (Å²) < 4.78 is 25.5. The quantitative estimate of drug-likeness (QED) is 0.329. The van der Waals surface area contributed by atoms with Crippen molar-refractivity contribution in [1.82, 2.24) is 0 Å². The zero-order valence-electron chi connectivity index (χ0n) is 25.2. The van der Waals surface area contributed by atoms with Crippen molar-refractivity contribution in [3.63, 3.8) is 0 Å². The number of hydrogen-bond donors (Lipinski definition) is 0. The minimum absolute atomic E-state index is 0. The number of hydrogen-bond acceptors (Lipinski definition) is 4. The van der Waals surface area contributed by atoms with Crippen LogP contribution in [-0.4, -0.2) is 12.2 Å². The van der Waals surface area contributed by atoms with E-state index in [2.05, 4.69) is 83.1 Å². The smallest absolute Gasteiger partial charge is 0.756 e. The van der Waals surface area contributed by atoms with Gasteiger partial charge in [0.15, 0.2) is 0 Å². The molecule has 3 fully saturated rings. The maximum absolute atomic E-state index is 13.4. The van der Waals surface area contributed by atoms with Crippen LogP contribution in [0.3, 0.4) is 0 Å². The Hall–Kier alpha value is 1.11. The van der Waals surface area contributed by atoms with Crippen molar-refractivity contribution < 1.29 is 48.1 Å². The molecule has 1 heterocycles. The summed E-state index contributed by atoms with van der Waals surface area (Å²) >= 11 is 0. The second kappa shape index (κ2) is 10.6. The van der Waals surface area contributed by atoms with E-state index in [-0.39, 0.29) is 87.1 Å². The summed E-state index contributed by atoms with van der Waals surface area (Å²) in [6.45, 7) is 27.5. The van der Waals surface area contributed by atoms with Crippen molar-refractivity contribution in [2.75, 3.05) is 0 Å². The Kier molecular flexibility index (Phi) is 9.78. The molecule has 0 bridgehead atoms. The fourth-order valence-corrected chi connectivity index (χ4v) is 8.61. The molecular formula is C29H54NaO4P. The summed E-state index contributed by atoms with van der Waals surface area (Å²) in [6.07, 6.45) is 4.55. The van der Waals surface area contributed by atoms with E-state index >= 15 is 0 Å². The summed E-state index contributed by atoms with van der Waals surface area (Å²) in [5.41, 5.74) is 0.338. The van der Waals surface area contributed by atoms with Crippen LogP contribution in [0.25, 0.3) is 0 Å². The van der Waals surface area contributed by atoms with E-state index in [1.54, 1.807) is 0 Å². The molecule has 2 aliphatic carbocycles. The van der Waals surface area contributed by atoms with E-state index in [0.717, 1.165) is 32.1 Å². The molecule has 0 aromatic heterocycles. The van der Waals surface area contributed by atoms with Crippen LogP contribution in [0.1, 0.15) is 115 Å². The number of phosphoric acid groups is 1. The summed E-state index contributed by atoms with van der Waals surface area (Å²) in [4.78, 5) is 13.4. The first-order valence-electron chi connectivity index (χ1n) is 13.8. The Morgan fingerprint density at radius 2 is 0.886 bits per heavy atom. The van der Waals surface area contributed by atoms with Gasteiger partial charge in [-0.3, -0.25) is 4.57 Å². The third kappa shape index (κ3) is 7.61. The molecule has 8 atom stereocenters. The van der Waals surface area contributed by atoms with Gasteiger partial charge in [-0.05, 0) is 89.3 Å². The van der Waals surface area contributed by atoms with Crippen molar-refractivity contribution in [1.29, 1.82) is 0 Å². The summed E-state index contributed by atoms with van der Waals surface area (Å²) in [5, 5.41) is 0. The van der Waals surface area contributed by atoms with Gasteiger partial charge in [0, 0.05) is 0 Å². The molecule has 1 saturated heterocycles. The molecule has 0 aromatic rings. The third-order valence-corrected chi connectivity index (χ3v) is 10.8. The SMILES string of the molecule is CC(C)(C)C1CC2CC3CC(C(C)(C)C)CC(C(C)(C)C)C3OP(=O)([O-])OC2C(C(C)(C)C)C1.[Na+]. The van der Waals surface area contributed by atoms with Crippen LogP contribution in [0.2, 0.25) is 0 Å². The molecule has 35 heavy (non-hydrogen) atoms. The van der Waals surface area contributed by atoms with Crippen LogP contribution in [0.15, 0.2) is 0 Å². The minimum Gasteiger partial charge on any atom is -0.756 e. The number of fused-ring (bicyclic) bond motifs is 2. The van der Waals surface area contributed by atoms with Crippen molar-refractivity contribution in [3.8, 4) is 0 Å². The van der Waals surface area contributed by atoms with Gasteiger partial charge in [0.05, 0.1) is 12.2 Å². The Bertz CT molecular complexity index is 710. The Balaban J connectivity index is 0.00000432. The second-order valence-electron chi connectivity index (χ2n) is 16.4. The maximum atomic E-state index is 13.4. The molecule has 0 N–H and O–H groups in total. The van der Waals surface area contributed by atoms with Gasteiger partial charge in [-0.1, -0.05) is 83.1 Å². The molecule has 4 nitrogen and oxygen atoms in total. The summed E-state index contributed by atoms with van der Waals surface area (Å²) in [5.74, 6) is 2.01. The largest absolute Gasteiger partial charge is 1.00 e. The molecular weight excluding hydrogens is 466 g/mol. The second-order valence-corrected chi connectivity index (χ2v) is 17.7. The van der Waals surface area contributed by atoms with Crippen LogP contribution in [0.5, 0.6) is 0 Å². The monoisotopic (exact) mass is 520 g/mol. The predicted molar refractivity (Wildman–Crippen MR) is 139 cm³/mol. The van der Waals surface area contributed by atoms with E-state index in [4.69, 9.17) is 9.05 Å². The number of phosphoric ester groups is 1. The van der Waals surface area contributed by atoms with Gasteiger partial charge in [0.1, 0.15) is 0 Å². The summed E-state index contributed by atoms with van der Waals surface area (Å²) in [7, 11) is -4.42. The van der Waals surface area contributed by atoms with Gasteiger partial charge in [-0.2, -0.15) is 0 Å². The van der Waals surface area contributed by atoms with Crippen LogP contribution < -0.4 is 34.5 Å². The fraction of sp³-hybridized carbons (Fsp3) is 1.00. The van der Waals surface area contributed by atoms with Gasteiger partial charge in [-0.15, -0.1) is 0 Å². The molecule has 0 radical (unpaired) electrons. The zero-order chi connectivity index (χ0) is 26.1. The van der Waals surface area contributed by atoms with Gasteiger partial charge in [0.2, 0.25) is 0 Å². The molecule has 6 heteroatoms.